The van der Waals surface area contributed by atoms with Gasteiger partial charge in [0.1, 0.15) is 5.75 Å². The zero-order valence-corrected chi connectivity index (χ0v) is 11.6. The van der Waals surface area contributed by atoms with Crippen molar-refractivity contribution in [3.63, 3.8) is 0 Å². The van der Waals surface area contributed by atoms with Crippen LogP contribution in [0.4, 0.5) is 0 Å². The Balaban J connectivity index is 1.79. The molecule has 0 radical (unpaired) electrons. The molecule has 1 fully saturated rings. The van der Waals surface area contributed by atoms with Gasteiger partial charge in [-0.3, -0.25) is 0 Å². The maximum atomic E-state index is 9.36. The molecular weight excluding hydrogens is 248 g/mol. The van der Waals surface area contributed by atoms with E-state index in [-0.39, 0.29) is 5.75 Å². The van der Waals surface area contributed by atoms with Crippen molar-refractivity contribution in [2.24, 2.45) is 0 Å². The largest absolute Gasteiger partial charge is 0.506 e. The number of aromatic hydroxyl groups is 1. The first-order valence-electron chi connectivity index (χ1n) is 6.62. The van der Waals surface area contributed by atoms with Gasteiger partial charge in [0.25, 0.3) is 0 Å². The van der Waals surface area contributed by atoms with Gasteiger partial charge in [-0.25, -0.2) is 0 Å². The van der Waals surface area contributed by atoms with Gasteiger partial charge in [0.15, 0.2) is 0 Å². The van der Waals surface area contributed by atoms with Crippen LogP contribution in [-0.2, 0) is 6.54 Å². The highest BCUT2D eigenvalue weighted by Gasteiger charge is 2.17. The Morgan fingerprint density at radius 2 is 2.11 bits per heavy atom. The third-order valence-corrected chi connectivity index (χ3v) is 3.94. The summed E-state index contributed by atoms with van der Waals surface area (Å²) in [6.45, 7) is 6.55. The summed E-state index contributed by atoms with van der Waals surface area (Å²) in [4.78, 5) is 2.48. The van der Waals surface area contributed by atoms with Crippen LogP contribution in [0.15, 0.2) is 18.2 Å². The molecular formula is C14H21ClN2O. The summed E-state index contributed by atoms with van der Waals surface area (Å²) in [5.41, 5.74) is 1.12. The van der Waals surface area contributed by atoms with Crippen molar-refractivity contribution in [1.82, 2.24) is 10.2 Å². The zero-order valence-electron chi connectivity index (χ0n) is 10.8. The molecule has 0 unspecified atom stereocenters. The first-order valence-corrected chi connectivity index (χ1v) is 7.00. The molecule has 1 aliphatic heterocycles. The van der Waals surface area contributed by atoms with Crippen LogP contribution in [0.25, 0.3) is 0 Å². The van der Waals surface area contributed by atoms with Gasteiger partial charge in [0.05, 0.1) is 5.02 Å². The van der Waals surface area contributed by atoms with Crippen molar-refractivity contribution >= 4 is 11.6 Å². The molecule has 3 nitrogen and oxygen atoms in total. The van der Waals surface area contributed by atoms with Crippen molar-refractivity contribution in [2.75, 3.05) is 19.6 Å². The summed E-state index contributed by atoms with van der Waals surface area (Å²) in [6, 6.07) is 5.99. The molecule has 2 rings (SSSR count). The fraction of sp³-hybridized carbons (Fsp3) is 0.571. The maximum Gasteiger partial charge on any atom is 0.134 e. The van der Waals surface area contributed by atoms with E-state index in [0.29, 0.717) is 11.1 Å². The van der Waals surface area contributed by atoms with E-state index in [0.717, 1.165) is 18.7 Å². The van der Waals surface area contributed by atoms with E-state index in [1.807, 2.05) is 12.1 Å². The van der Waals surface area contributed by atoms with E-state index < -0.39 is 0 Å². The molecule has 0 amide bonds. The highest BCUT2D eigenvalue weighted by molar-refractivity contribution is 6.32. The van der Waals surface area contributed by atoms with Gasteiger partial charge < -0.3 is 15.3 Å². The molecule has 1 aromatic rings. The average molecular weight is 269 g/mol. The van der Waals surface area contributed by atoms with E-state index in [9.17, 15) is 5.11 Å². The Kier molecular flexibility index (Phi) is 4.87. The SMILES string of the molecule is CCN1CCC(NCc2ccc(O)c(Cl)c2)CC1. The number of nitrogens with one attached hydrogen (secondary N) is 1. The van der Waals surface area contributed by atoms with Crippen LogP contribution in [0, 0.1) is 0 Å². The lowest BCUT2D eigenvalue weighted by molar-refractivity contribution is 0.206. The topological polar surface area (TPSA) is 35.5 Å². The fourth-order valence-electron chi connectivity index (χ4n) is 2.38. The second-order valence-corrected chi connectivity index (χ2v) is 5.28. The van der Waals surface area contributed by atoms with Crippen LogP contribution in [0.2, 0.25) is 5.02 Å². The van der Waals surface area contributed by atoms with Crippen molar-refractivity contribution in [2.45, 2.75) is 32.4 Å². The first kappa shape index (κ1) is 13.7. The number of phenols is 1. The summed E-state index contributed by atoms with van der Waals surface area (Å²) in [5, 5.41) is 13.3. The van der Waals surface area contributed by atoms with Crippen LogP contribution in [-0.4, -0.2) is 35.7 Å². The number of likely N-dealkylation sites (tertiary alicyclic amines) is 1. The Morgan fingerprint density at radius 3 is 2.72 bits per heavy atom. The van der Waals surface area contributed by atoms with Crippen LogP contribution in [0.5, 0.6) is 5.75 Å². The Bertz CT molecular complexity index is 389. The minimum absolute atomic E-state index is 0.150. The van der Waals surface area contributed by atoms with E-state index >= 15 is 0 Å². The standard InChI is InChI=1S/C14H21ClN2O/c1-2-17-7-5-12(6-8-17)16-10-11-3-4-14(18)13(15)9-11/h3-4,9,12,16,18H,2,5-8,10H2,1H3. The van der Waals surface area contributed by atoms with E-state index in [1.54, 1.807) is 6.07 Å². The summed E-state index contributed by atoms with van der Waals surface area (Å²) in [5.74, 6) is 0.150. The molecule has 1 aliphatic rings. The highest BCUT2D eigenvalue weighted by atomic mass is 35.5. The van der Waals surface area contributed by atoms with Crippen molar-refractivity contribution in [3.05, 3.63) is 28.8 Å². The second kappa shape index (κ2) is 6.41. The normalized spacial score (nSPS) is 18.1. The summed E-state index contributed by atoms with van der Waals surface area (Å²) in [7, 11) is 0. The number of rotatable bonds is 4. The molecule has 0 spiro atoms. The van der Waals surface area contributed by atoms with Crippen LogP contribution >= 0.6 is 11.6 Å². The molecule has 0 saturated carbocycles. The monoisotopic (exact) mass is 268 g/mol. The van der Waals surface area contributed by atoms with E-state index in [2.05, 4.69) is 17.1 Å². The third kappa shape index (κ3) is 3.61. The van der Waals surface area contributed by atoms with Crippen molar-refractivity contribution < 1.29 is 5.11 Å². The molecule has 18 heavy (non-hydrogen) atoms. The highest BCUT2D eigenvalue weighted by Crippen LogP contribution is 2.23. The summed E-state index contributed by atoms with van der Waals surface area (Å²) in [6.07, 6.45) is 2.42. The molecule has 0 aliphatic carbocycles. The number of nitrogens with zero attached hydrogens (tertiary/aromatic N) is 1. The lowest BCUT2D eigenvalue weighted by Crippen LogP contribution is -2.42. The molecule has 1 saturated heterocycles. The number of hydrogen-bond donors (Lipinski definition) is 2. The molecule has 1 aromatic carbocycles. The maximum absolute atomic E-state index is 9.36. The number of phenolic OH excluding ortho intramolecular Hbond substituents is 1. The first-order chi connectivity index (χ1) is 8.69. The Hall–Kier alpha value is -0.770. The molecule has 0 bridgehead atoms. The number of piperidine rings is 1. The minimum atomic E-state index is 0.150. The second-order valence-electron chi connectivity index (χ2n) is 4.88. The van der Waals surface area contributed by atoms with Crippen molar-refractivity contribution in [3.8, 4) is 5.75 Å². The molecule has 2 N–H and O–H groups in total. The van der Waals surface area contributed by atoms with Crippen LogP contribution in [0.3, 0.4) is 0 Å². The van der Waals surface area contributed by atoms with Crippen molar-refractivity contribution in [1.29, 1.82) is 0 Å². The Morgan fingerprint density at radius 1 is 1.39 bits per heavy atom. The number of hydrogen-bond acceptors (Lipinski definition) is 3. The quantitative estimate of drug-likeness (QED) is 0.881. The predicted molar refractivity (Wildman–Crippen MR) is 75.1 cm³/mol. The van der Waals surface area contributed by atoms with Crippen LogP contribution in [0.1, 0.15) is 25.3 Å². The molecule has 100 valence electrons. The molecule has 1 heterocycles. The Labute approximate surface area is 114 Å². The lowest BCUT2D eigenvalue weighted by atomic mass is 10.0. The molecule has 0 aromatic heterocycles. The van der Waals surface area contributed by atoms with E-state index in [4.69, 9.17) is 11.6 Å². The van der Waals surface area contributed by atoms with Crippen LogP contribution < -0.4 is 5.32 Å². The molecule has 4 heteroatoms. The smallest absolute Gasteiger partial charge is 0.134 e. The number of benzene rings is 1. The third-order valence-electron chi connectivity index (χ3n) is 3.64. The predicted octanol–water partition coefficient (Wildman–Crippen LogP) is 2.62. The van der Waals surface area contributed by atoms with E-state index in [1.165, 1.54) is 25.9 Å². The van der Waals surface area contributed by atoms with Gasteiger partial charge in [0, 0.05) is 12.6 Å². The summed E-state index contributed by atoms with van der Waals surface area (Å²) >= 11 is 5.89. The minimum Gasteiger partial charge on any atom is -0.506 e. The number of halogens is 1. The van der Waals surface area contributed by atoms with Gasteiger partial charge in [0.2, 0.25) is 0 Å². The molecule has 0 atom stereocenters. The summed E-state index contributed by atoms with van der Waals surface area (Å²) < 4.78 is 0. The van der Waals surface area contributed by atoms with Gasteiger partial charge in [-0.2, -0.15) is 0 Å². The lowest BCUT2D eigenvalue weighted by Gasteiger charge is -2.31. The van der Waals surface area contributed by atoms with Gasteiger partial charge in [-0.15, -0.1) is 0 Å². The zero-order chi connectivity index (χ0) is 13.0. The van der Waals surface area contributed by atoms with Gasteiger partial charge >= 0.3 is 0 Å². The van der Waals surface area contributed by atoms with Gasteiger partial charge in [-0.05, 0) is 50.2 Å². The van der Waals surface area contributed by atoms with Gasteiger partial charge in [-0.1, -0.05) is 24.6 Å². The fourth-order valence-corrected chi connectivity index (χ4v) is 2.58. The average Bonchev–Trinajstić information content (AvgIpc) is 2.41.